The second-order valence-corrected chi connectivity index (χ2v) is 12.1. The Balaban J connectivity index is 3.45. The lowest BCUT2D eigenvalue weighted by Gasteiger charge is -2.19. The van der Waals surface area contributed by atoms with E-state index in [1.807, 2.05) is 0 Å². The Morgan fingerprint density at radius 3 is 1.86 bits per heavy atom. The Labute approximate surface area is 254 Å². The molecule has 0 rings (SSSR count). The number of aliphatic hydroxyl groups is 1. The van der Waals surface area contributed by atoms with Crippen LogP contribution in [0.3, 0.4) is 0 Å². The van der Waals surface area contributed by atoms with Crippen molar-refractivity contribution in [3.8, 4) is 0 Å². The molecule has 0 aromatic carbocycles. The Morgan fingerprint density at radius 2 is 1.29 bits per heavy atom. The standard InChI is InChI=1S/C28H59N6O7P/c1-5-6-7-8-9-10-11-12-13-14-15-16-17-18-19-24(35)26(37)31-23-42-41-34-21-29-25(36)20-32-40-33-22-30-27(38)39-28(2,3)4/h24,32-35,42H,5-23H2,1-4H3,(H,29,36)(H,30,38)(H,31,37). The molecule has 0 bridgehead atoms. The Kier molecular flexibility index (Phi) is 27.1. The summed E-state index contributed by atoms with van der Waals surface area (Å²) in [5, 5.41) is 17.6. The number of aliphatic hydroxyl groups excluding tert-OH is 1. The second kappa shape index (κ2) is 28.2. The molecule has 42 heavy (non-hydrogen) atoms. The molecule has 0 saturated heterocycles. The lowest BCUT2D eigenvalue weighted by atomic mass is 10.0. The van der Waals surface area contributed by atoms with E-state index in [1.54, 1.807) is 20.8 Å². The number of alkyl carbamates (subject to hydrolysis) is 1. The van der Waals surface area contributed by atoms with E-state index in [9.17, 15) is 19.5 Å². The van der Waals surface area contributed by atoms with Crippen molar-refractivity contribution in [1.82, 2.24) is 32.4 Å². The van der Waals surface area contributed by atoms with Gasteiger partial charge in [-0.3, -0.25) is 14.2 Å². The van der Waals surface area contributed by atoms with E-state index in [2.05, 4.69) is 39.3 Å². The molecule has 0 aliphatic carbocycles. The van der Waals surface area contributed by atoms with Crippen LogP contribution in [0.5, 0.6) is 0 Å². The molecule has 0 radical (unpaired) electrons. The third-order valence-electron chi connectivity index (χ3n) is 6.05. The maximum Gasteiger partial charge on any atom is 0.408 e. The predicted octanol–water partition coefficient (Wildman–Crippen LogP) is 3.99. The molecule has 13 nitrogen and oxygen atoms in total. The van der Waals surface area contributed by atoms with E-state index in [1.165, 1.54) is 70.6 Å². The van der Waals surface area contributed by atoms with Gasteiger partial charge in [0.2, 0.25) is 11.8 Å². The maximum atomic E-state index is 12.0. The van der Waals surface area contributed by atoms with Gasteiger partial charge in [0.25, 0.3) is 0 Å². The van der Waals surface area contributed by atoms with E-state index >= 15 is 0 Å². The van der Waals surface area contributed by atoms with Gasteiger partial charge < -0.3 is 25.8 Å². The first-order valence-electron chi connectivity index (χ1n) is 15.6. The zero-order valence-corrected chi connectivity index (χ0v) is 27.4. The third kappa shape index (κ3) is 29.9. The van der Waals surface area contributed by atoms with Gasteiger partial charge >= 0.3 is 6.09 Å². The fourth-order valence-corrected chi connectivity index (χ4v) is 4.33. The number of amides is 3. The number of hydrogen-bond acceptors (Lipinski definition) is 10. The Morgan fingerprint density at radius 1 is 0.738 bits per heavy atom. The SMILES string of the molecule is CCCCCCCCCCCCCCCCC(O)C(=O)NCPONCNC(=O)CNONCNC(=O)OC(C)(C)C. The van der Waals surface area contributed by atoms with E-state index in [4.69, 9.17) is 14.3 Å². The highest BCUT2D eigenvalue weighted by atomic mass is 31.1. The van der Waals surface area contributed by atoms with Crippen LogP contribution in [0.4, 0.5) is 4.79 Å². The van der Waals surface area contributed by atoms with Crippen LogP contribution in [0.1, 0.15) is 124 Å². The van der Waals surface area contributed by atoms with Crippen molar-refractivity contribution < 1.29 is 33.8 Å². The molecule has 0 fully saturated rings. The summed E-state index contributed by atoms with van der Waals surface area (Å²) in [5.74, 6) is -0.758. The van der Waals surface area contributed by atoms with E-state index in [0.29, 0.717) is 6.42 Å². The number of nitrogens with one attached hydrogen (secondary N) is 6. The summed E-state index contributed by atoms with van der Waals surface area (Å²) < 4.78 is 10.2. The summed E-state index contributed by atoms with van der Waals surface area (Å²) in [5.41, 5.74) is 6.75. The van der Waals surface area contributed by atoms with Gasteiger partial charge in [-0.05, 0) is 27.2 Å². The van der Waals surface area contributed by atoms with Crippen LogP contribution in [-0.4, -0.2) is 60.9 Å². The van der Waals surface area contributed by atoms with Gasteiger partial charge in [-0.2, -0.15) is 16.4 Å². The fraction of sp³-hybridized carbons (Fsp3) is 0.893. The fourth-order valence-electron chi connectivity index (χ4n) is 3.84. The summed E-state index contributed by atoms with van der Waals surface area (Å²) in [6.07, 6.45) is 16.9. The molecular formula is C28H59N6O7P. The van der Waals surface area contributed by atoms with Gasteiger partial charge in [0.05, 0.1) is 28.4 Å². The lowest BCUT2D eigenvalue weighted by Crippen LogP contribution is -2.43. The third-order valence-corrected chi connectivity index (χ3v) is 6.66. The predicted molar refractivity (Wildman–Crippen MR) is 166 cm³/mol. The molecule has 0 aliphatic heterocycles. The molecule has 7 N–H and O–H groups in total. The first kappa shape index (κ1) is 40.4. The van der Waals surface area contributed by atoms with Crippen LogP contribution in [-0.2, 0) is 23.9 Å². The first-order valence-corrected chi connectivity index (χ1v) is 16.7. The highest BCUT2D eigenvalue weighted by Gasteiger charge is 2.15. The molecular weight excluding hydrogens is 563 g/mol. The monoisotopic (exact) mass is 622 g/mol. The summed E-state index contributed by atoms with van der Waals surface area (Å²) in [6, 6.07) is 0. The molecule has 0 aromatic heterocycles. The minimum Gasteiger partial charge on any atom is -0.444 e. The van der Waals surface area contributed by atoms with Crippen LogP contribution < -0.4 is 32.4 Å². The van der Waals surface area contributed by atoms with Gasteiger partial charge in [-0.1, -0.05) is 96.8 Å². The largest absolute Gasteiger partial charge is 0.444 e. The van der Waals surface area contributed by atoms with E-state index in [-0.39, 0.29) is 40.9 Å². The average Bonchev–Trinajstić information content (AvgIpc) is 2.93. The van der Waals surface area contributed by atoms with Crippen molar-refractivity contribution in [3.05, 3.63) is 0 Å². The number of hydroxylamine groups is 3. The zero-order chi connectivity index (χ0) is 31.3. The number of carbonyl (C=O) groups is 3. The Bertz CT molecular complexity index is 686. The summed E-state index contributed by atoms with van der Waals surface area (Å²) in [4.78, 5) is 39.9. The van der Waals surface area contributed by atoms with Crippen LogP contribution in [0.25, 0.3) is 0 Å². The van der Waals surface area contributed by atoms with Gasteiger partial charge in [0, 0.05) is 0 Å². The number of rotatable bonds is 28. The first-order chi connectivity index (χ1) is 20.2. The molecule has 0 saturated carbocycles. The van der Waals surface area contributed by atoms with Crippen LogP contribution in [0.2, 0.25) is 0 Å². The topological polar surface area (TPSA) is 171 Å². The number of unbranched alkanes of at least 4 members (excludes halogenated alkanes) is 13. The molecule has 3 amide bonds. The molecule has 0 aliphatic rings. The molecule has 2 atom stereocenters. The van der Waals surface area contributed by atoms with Crippen molar-refractivity contribution in [2.45, 2.75) is 136 Å². The van der Waals surface area contributed by atoms with Crippen LogP contribution in [0, 0.1) is 0 Å². The van der Waals surface area contributed by atoms with Crippen molar-refractivity contribution in [2.75, 3.05) is 26.2 Å². The van der Waals surface area contributed by atoms with Gasteiger partial charge in [0.1, 0.15) is 18.2 Å². The smallest absolute Gasteiger partial charge is 0.408 e. The molecule has 248 valence electrons. The minimum atomic E-state index is -1.00. The van der Waals surface area contributed by atoms with E-state index in [0.717, 1.165) is 19.3 Å². The highest BCUT2D eigenvalue weighted by Crippen LogP contribution is 2.14. The maximum absolute atomic E-state index is 12.0. The van der Waals surface area contributed by atoms with Crippen molar-refractivity contribution in [2.24, 2.45) is 0 Å². The van der Waals surface area contributed by atoms with Crippen LogP contribution in [0.15, 0.2) is 0 Å². The summed E-state index contributed by atoms with van der Waals surface area (Å²) in [6.45, 7) is 7.40. The Hall–Kier alpha value is -1.60. The average molecular weight is 623 g/mol. The van der Waals surface area contributed by atoms with Gasteiger partial charge in [-0.15, -0.1) is 0 Å². The molecule has 14 heteroatoms. The minimum absolute atomic E-state index is 0.0209. The molecule has 2 unspecified atom stereocenters. The molecule has 0 aromatic rings. The highest BCUT2D eigenvalue weighted by molar-refractivity contribution is 7.32. The van der Waals surface area contributed by atoms with Gasteiger partial charge in [-0.25, -0.2) is 9.73 Å². The second-order valence-electron chi connectivity index (χ2n) is 11.2. The zero-order valence-electron chi connectivity index (χ0n) is 26.4. The summed E-state index contributed by atoms with van der Waals surface area (Å²) >= 11 is 0. The normalized spacial score (nSPS) is 12.4. The van der Waals surface area contributed by atoms with Crippen molar-refractivity contribution >= 4 is 26.7 Å². The van der Waals surface area contributed by atoms with E-state index < -0.39 is 23.7 Å². The number of ether oxygens (including phenoxy) is 1. The summed E-state index contributed by atoms with van der Waals surface area (Å²) in [7, 11) is -0.0840. The van der Waals surface area contributed by atoms with Gasteiger partial charge in [0.15, 0.2) is 0 Å². The quantitative estimate of drug-likeness (QED) is 0.0293. The number of carbonyl (C=O) groups excluding carboxylic acids is 3. The molecule has 0 heterocycles. The van der Waals surface area contributed by atoms with Crippen molar-refractivity contribution in [1.29, 1.82) is 0 Å². The van der Waals surface area contributed by atoms with Crippen LogP contribution >= 0.6 is 8.81 Å². The van der Waals surface area contributed by atoms with Crippen molar-refractivity contribution in [3.63, 3.8) is 0 Å². The number of hydrogen-bond donors (Lipinski definition) is 7. The lowest BCUT2D eigenvalue weighted by molar-refractivity contribution is -0.129. The molecule has 0 spiro atoms.